The van der Waals surface area contributed by atoms with Crippen LogP contribution in [0.2, 0.25) is 0 Å². The fourth-order valence-corrected chi connectivity index (χ4v) is 2.07. The standard InChI is InChI=1S/C16H18O5/c17-7-11-1-3-15(5-13(11)9-19)21-16-4-2-12(8-18)14(6-16)10-20/h1-6,17-20H,7-10H2. The van der Waals surface area contributed by atoms with E-state index in [2.05, 4.69) is 0 Å². The Hall–Kier alpha value is -1.92. The van der Waals surface area contributed by atoms with Crippen LogP contribution in [-0.2, 0) is 26.4 Å². The van der Waals surface area contributed by atoms with E-state index in [1.54, 1.807) is 36.4 Å². The molecule has 0 unspecified atom stereocenters. The lowest BCUT2D eigenvalue weighted by atomic mass is 10.1. The van der Waals surface area contributed by atoms with E-state index in [1.165, 1.54) is 0 Å². The first kappa shape index (κ1) is 15.5. The summed E-state index contributed by atoms with van der Waals surface area (Å²) in [7, 11) is 0. The second kappa shape index (κ2) is 7.19. The molecule has 2 aromatic rings. The van der Waals surface area contributed by atoms with Crippen LogP contribution in [0.25, 0.3) is 0 Å². The zero-order valence-electron chi connectivity index (χ0n) is 11.5. The molecule has 0 radical (unpaired) electrons. The first-order valence-electron chi connectivity index (χ1n) is 6.56. The van der Waals surface area contributed by atoms with Crippen LogP contribution in [0.15, 0.2) is 36.4 Å². The van der Waals surface area contributed by atoms with Gasteiger partial charge in [0.2, 0.25) is 0 Å². The summed E-state index contributed by atoms with van der Waals surface area (Å²) in [6, 6.07) is 10.1. The van der Waals surface area contributed by atoms with E-state index in [9.17, 15) is 10.2 Å². The first-order chi connectivity index (χ1) is 10.2. The molecule has 2 rings (SSSR count). The van der Waals surface area contributed by atoms with Crippen molar-refractivity contribution in [3.63, 3.8) is 0 Å². The molecular weight excluding hydrogens is 272 g/mol. The smallest absolute Gasteiger partial charge is 0.127 e. The highest BCUT2D eigenvalue weighted by atomic mass is 16.5. The molecule has 0 amide bonds. The Morgan fingerprint density at radius 2 is 0.952 bits per heavy atom. The van der Waals surface area contributed by atoms with Gasteiger partial charge < -0.3 is 25.2 Å². The zero-order valence-corrected chi connectivity index (χ0v) is 11.5. The van der Waals surface area contributed by atoms with Crippen LogP contribution in [0.5, 0.6) is 11.5 Å². The molecular formula is C16H18O5. The minimum Gasteiger partial charge on any atom is -0.457 e. The van der Waals surface area contributed by atoms with Crippen molar-refractivity contribution in [2.24, 2.45) is 0 Å². The van der Waals surface area contributed by atoms with Crippen molar-refractivity contribution in [3.05, 3.63) is 58.7 Å². The molecule has 0 spiro atoms. The number of ether oxygens (including phenoxy) is 1. The van der Waals surface area contributed by atoms with Crippen LogP contribution in [-0.4, -0.2) is 20.4 Å². The largest absolute Gasteiger partial charge is 0.457 e. The Bertz CT molecular complexity index is 556. The molecule has 0 atom stereocenters. The fourth-order valence-electron chi connectivity index (χ4n) is 2.07. The third-order valence-corrected chi connectivity index (χ3v) is 3.27. The molecule has 5 heteroatoms. The maximum atomic E-state index is 9.26. The van der Waals surface area contributed by atoms with E-state index >= 15 is 0 Å². The highest BCUT2D eigenvalue weighted by Crippen LogP contribution is 2.26. The number of aliphatic hydroxyl groups excluding tert-OH is 4. The molecule has 0 aromatic heterocycles. The molecule has 0 aliphatic rings. The summed E-state index contributed by atoms with van der Waals surface area (Å²) in [4.78, 5) is 0. The van der Waals surface area contributed by atoms with Crippen molar-refractivity contribution in [2.45, 2.75) is 26.4 Å². The SMILES string of the molecule is OCc1ccc(Oc2ccc(CO)c(CO)c2)cc1CO. The van der Waals surface area contributed by atoms with Crippen LogP contribution >= 0.6 is 0 Å². The van der Waals surface area contributed by atoms with Gasteiger partial charge in [0.1, 0.15) is 11.5 Å². The Balaban J connectivity index is 2.25. The predicted octanol–water partition coefficient (Wildman–Crippen LogP) is 1.45. The average molecular weight is 290 g/mol. The van der Waals surface area contributed by atoms with Crippen LogP contribution in [0.3, 0.4) is 0 Å². The summed E-state index contributed by atoms with van der Waals surface area (Å²) in [5.41, 5.74) is 2.50. The van der Waals surface area contributed by atoms with Crippen molar-refractivity contribution in [1.82, 2.24) is 0 Å². The average Bonchev–Trinajstić information content (AvgIpc) is 2.54. The van der Waals surface area contributed by atoms with Gasteiger partial charge in [-0.1, -0.05) is 12.1 Å². The van der Waals surface area contributed by atoms with Crippen LogP contribution in [0, 0.1) is 0 Å². The van der Waals surface area contributed by atoms with E-state index in [0.29, 0.717) is 33.8 Å². The lowest BCUT2D eigenvalue weighted by Gasteiger charge is -2.12. The van der Waals surface area contributed by atoms with E-state index < -0.39 is 0 Å². The van der Waals surface area contributed by atoms with Gasteiger partial charge in [-0.15, -0.1) is 0 Å². The van der Waals surface area contributed by atoms with Gasteiger partial charge in [-0.2, -0.15) is 0 Å². The van der Waals surface area contributed by atoms with Crippen molar-refractivity contribution < 1.29 is 25.2 Å². The van der Waals surface area contributed by atoms with Gasteiger partial charge in [-0.3, -0.25) is 0 Å². The molecule has 0 bridgehead atoms. The number of aliphatic hydroxyl groups is 4. The summed E-state index contributed by atoms with van der Waals surface area (Å²) >= 11 is 0. The van der Waals surface area contributed by atoms with Crippen LogP contribution < -0.4 is 4.74 Å². The number of hydrogen-bond acceptors (Lipinski definition) is 5. The fraction of sp³-hybridized carbons (Fsp3) is 0.250. The van der Waals surface area contributed by atoms with E-state index in [1.807, 2.05) is 0 Å². The minimum atomic E-state index is -0.182. The highest BCUT2D eigenvalue weighted by molar-refractivity contribution is 5.40. The third kappa shape index (κ3) is 3.59. The summed E-state index contributed by atoms with van der Waals surface area (Å²) < 4.78 is 5.68. The molecule has 4 N–H and O–H groups in total. The second-order valence-corrected chi connectivity index (χ2v) is 4.60. The van der Waals surface area contributed by atoms with E-state index in [0.717, 1.165) is 0 Å². The minimum absolute atomic E-state index is 0.143. The third-order valence-electron chi connectivity index (χ3n) is 3.27. The Morgan fingerprint density at radius 1 is 0.571 bits per heavy atom. The van der Waals surface area contributed by atoms with E-state index in [-0.39, 0.29) is 26.4 Å². The first-order valence-corrected chi connectivity index (χ1v) is 6.56. The normalized spacial score (nSPS) is 10.7. The molecule has 0 fully saturated rings. The van der Waals surface area contributed by atoms with Gasteiger partial charge in [0, 0.05) is 0 Å². The van der Waals surface area contributed by atoms with Crippen molar-refractivity contribution >= 4 is 0 Å². The van der Waals surface area contributed by atoms with Gasteiger partial charge in [0.15, 0.2) is 0 Å². The maximum absolute atomic E-state index is 9.26. The molecule has 112 valence electrons. The Morgan fingerprint density at radius 3 is 1.29 bits per heavy atom. The van der Waals surface area contributed by atoms with Crippen molar-refractivity contribution in [3.8, 4) is 11.5 Å². The van der Waals surface area contributed by atoms with Crippen LogP contribution in [0.4, 0.5) is 0 Å². The Kier molecular flexibility index (Phi) is 5.30. The molecule has 0 aliphatic carbocycles. The van der Waals surface area contributed by atoms with Crippen LogP contribution in [0.1, 0.15) is 22.3 Å². The zero-order chi connectivity index (χ0) is 15.2. The topological polar surface area (TPSA) is 90.2 Å². The summed E-state index contributed by atoms with van der Waals surface area (Å²) in [6.45, 7) is -0.650. The number of benzene rings is 2. The molecule has 0 heterocycles. The summed E-state index contributed by atoms with van der Waals surface area (Å²) in [5.74, 6) is 1.05. The molecule has 5 nitrogen and oxygen atoms in total. The van der Waals surface area contributed by atoms with Gasteiger partial charge in [-0.25, -0.2) is 0 Å². The Labute approximate surface area is 122 Å². The lowest BCUT2D eigenvalue weighted by Crippen LogP contribution is -1.97. The van der Waals surface area contributed by atoms with Crippen molar-refractivity contribution in [1.29, 1.82) is 0 Å². The number of rotatable bonds is 6. The molecule has 21 heavy (non-hydrogen) atoms. The van der Waals surface area contributed by atoms with Gasteiger partial charge >= 0.3 is 0 Å². The van der Waals surface area contributed by atoms with Crippen molar-refractivity contribution in [2.75, 3.05) is 0 Å². The number of hydrogen-bond donors (Lipinski definition) is 4. The van der Waals surface area contributed by atoms with Gasteiger partial charge in [0.25, 0.3) is 0 Å². The van der Waals surface area contributed by atoms with Gasteiger partial charge in [0.05, 0.1) is 26.4 Å². The lowest BCUT2D eigenvalue weighted by molar-refractivity contribution is 0.259. The molecule has 0 aliphatic heterocycles. The quantitative estimate of drug-likeness (QED) is 0.646. The highest BCUT2D eigenvalue weighted by Gasteiger charge is 2.07. The molecule has 0 saturated carbocycles. The summed E-state index contributed by atoms with van der Waals surface area (Å²) in [5, 5.41) is 36.8. The second-order valence-electron chi connectivity index (χ2n) is 4.60. The predicted molar refractivity (Wildman–Crippen MR) is 76.6 cm³/mol. The summed E-state index contributed by atoms with van der Waals surface area (Å²) in [6.07, 6.45) is 0. The molecule has 2 aromatic carbocycles. The molecule has 0 saturated heterocycles. The van der Waals surface area contributed by atoms with Gasteiger partial charge in [-0.05, 0) is 46.5 Å². The van der Waals surface area contributed by atoms with E-state index in [4.69, 9.17) is 14.9 Å². The monoisotopic (exact) mass is 290 g/mol. The maximum Gasteiger partial charge on any atom is 0.127 e.